The van der Waals surface area contributed by atoms with E-state index < -0.39 is 10.4 Å². The first-order valence-electron chi connectivity index (χ1n) is 2.52. The fourth-order valence-corrected chi connectivity index (χ4v) is 0.744. The average Bonchev–Trinajstić information content (AvgIpc) is 1.85. The van der Waals surface area contributed by atoms with E-state index in [1.165, 1.54) is 18.3 Å². The summed E-state index contributed by atoms with van der Waals surface area (Å²) in [5, 5.41) is 6.57. The largest absolute Gasteiger partial charge is 0.448 e. The molecule has 1 aromatic rings. The molecule has 0 amide bonds. The number of rotatable bonds is 2. The predicted octanol–water partition coefficient (Wildman–Crippen LogP) is -0.342. The fraction of sp³-hybridized carbons (Fsp3) is 0. The summed E-state index contributed by atoms with van der Waals surface area (Å²) in [6.45, 7) is 0. The van der Waals surface area contributed by atoms with Gasteiger partial charge in [-0.15, -0.1) is 5.10 Å². The highest BCUT2D eigenvalue weighted by molar-refractivity contribution is 7.81. The Kier molecular flexibility index (Phi) is 2.01. The maximum Gasteiger partial charge on any atom is 0.448 e. The van der Waals surface area contributed by atoms with E-state index in [-0.39, 0.29) is 5.88 Å². The summed E-state index contributed by atoms with van der Waals surface area (Å²) in [6, 6.07) is 2.67. The van der Waals surface area contributed by atoms with Crippen molar-refractivity contribution in [3.8, 4) is 5.88 Å². The smallest absolute Gasteiger partial charge is 0.339 e. The van der Waals surface area contributed by atoms with Gasteiger partial charge in [-0.3, -0.25) is 4.55 Å². The minimum absolute atomic E-state index is 0.269. The maximum absolute atomic E-state index is 10.1. The van der Waals surface area contributed by atoms with Crippen LogP contribution in [0.25, 0.3) is 0 Å². The van der Waals surface area contributed by atoms with Gasteiger partial charge >= 0.3 is 10.4 Å². The van der Waals surface area contributed by atoms with Gasteiger partial charge in [0.05, 0.1) is 0 Å². The molecule has 0 saturated heterocycles. The van der Waals surface area contributed by atoms with Gasteiger partial charge in [0.1, 0.15) is 0 Å². The maximum atomic E-state index is 10.1. The predicted molar refractivity (Wildman–Crippen MR) is 34.2 cm³/mol. The fourth-order valence-electron chi connectivity index (χ4n) is 0.440. The molecule has 1 heterocycles. The molecule has 60 valence electrons. The van der Waals surface area contributed by atoms with E-state index in [1.54, 1.807) is 0 Å². The first-order chi connectivity index (χ1) is 5.08. The van der Waals surface area contributed by atoms with Crippen molar-refractivity contribution in [3.05, 3.63) is 18.3 Å². The molecule has 0 atom stereocenters. The van der Waals surface area contributed by atoms with Crippen molar-refractivity contribution in [1.29, 1.82) is 0 Å². The third kappa shape index (κ3) is 2.92. The van der Waals surface area contributed by atoms with Crippen molar-refractivity contribution in [2.45, 2.75) is 0 Å². The Bertz CT molecular complexity index is 321. The van der Waals surface area contributed by atoms with Gasteiger partial charge in [0.25, 0.3) is 5.88 Å². The van der Waals surface area contributed by atoms with Gasteiger partial charge in [0.15, 0.2) is 0 Å². The topological polar surface area (TPSA) is 89.4 Å². The summed E-state index contributed by atoms with van der Waals surface area (Å²) in [4.78, 5) is 0. The lowest BCUT2D eigenvalue weighted by Gasteiger charge is -1.95. The van der Waals surface area contributed by atoms with Gasteiger partial charge in [-0.05, 0) is 6.07 Å². The van der Waals surface area contributed by atoms with Crippen LogP contribution >= 0.6 is 0 Å². The van der Waals surface area contributed by atoms with E-state index in [1.807, 2.05) is 0 Å². The first kappa shape index (κ1) is 7.89. The molecular formula is C4H4N2O4S. The van der Waals surface area contributed by atoms with Crippen LogP contribution in [-0.4, -0.2) is 23.2 Å². The minimum Gasteiger partial charge on any atom is -0.339 e. The number of nitrogens with zero attached hydrogens (tertiary/aromatic N) is 2. The van der Waals surface area contributed by atoms with Crippen LogP contribution in [0.15, 0.2) is 18.3 Å². The molecule has 0 aliphatic carbocycles. The van der Waals surface area contributed by atoms with Crippen LogP contribution in [0, 0.1) is 0 Å². The molecule has 6 nitrogen and oxygen atoms in total. The van der Waals surface area contributed by atoms with Crippen LogP contribution in [0.3, 0.4) is 0 Å². The van der Waals surface area contributed by atoms with Crippen LogP contribution in [0.1, 0.15) is 0 Å². The second kappa shape index (κ2) is 2.81. The Morgan fingerprint density at radius 2 is 2.27 bits per heavy atom. The molecule has 0 saturated carbocycles. The summed E-state index contributed by atoms with van der Waals surface area (Å²) in [6.07, 6.45) is 1.34. The van der Waals surface area contributed by atoms with Gasteiger partial charge < -0.3 is 4.18 Å². The molecule has 7 heteroatoms. The lowest BCUT2D eigenvalue weighted by Crippen LogP contribution is -2.07. The monoisotopic (exact) mass is 176 g/mol. The highest BCUT2D eigenvalue weighted by Gasteiger charge is 2.06. The molecule has 11 heavy (non-hydrogen) atoms. The van der Waals surface area contributed by atoms with Crippen LogP contribution < -0.4 is 4.18 Å². The molecule has 0 unspecified atom stereocenters. The average molecular weight is 176 g/mol. The molecule has 0 spiro atoms. The quantitative estimate of drug-likeness (QED) is 0.620. The highest BCUT2D eigenvalue weighted by Crippen LogP contribution is 2.03. The Hall–Kier alpha value is -1.21. The van der Waals surface area contributed by atoms with Crippen LogP contribution in [0.2, 0.25) is 0 Å². The molecule has 0 radical (unpaired) electrons. The van der Waals surface area contributed by atoms with Crippen LogP contribution in [0.4, 0.5) is 0 Å². The Balaban J connectivity index is 2.82. The Morgan fingerprint density at radius 1 is 1.55 bits per heavy atom. The van der Waals surface area contributed by atoms with Gasteiger partial charge in [-0.25, -0.2) is 0 Å². The zero-order valence-corrected chi connectivity index (χ0v) is 6.02. The molecule has 1 N–H and O–H groups in total. The second-order valence-electron chi connectivity index (χ2n) is 1.57. The van der Waals surface area contributed by atoms with E-state index in [4.69, 9.17) is 4.55 Å². The van der Waals surface area contributed by atoms with E-state index in [9.17, 15) is 8.42 Å². The number of hydrogen-bond donors (Lipinski definition) is 1. The molecule has 0 aliphatic heterocycles. The lowest BCUT2D eigenvalue weighted by atomic mass is 10.6. The van der Waals surface area contributed by atoms with Crippen molar-refractivity contribution in [2.75, 3.05) is 0 Å². The summed E-state index contributed by atoms with van der Waals surface area (Å²) < 4.78 is 32.2. The zero-order chi connectivity index (χ0) is 8.32. The van der Waals surface area contributed by atoms with Gasteiger partial charge in [-0.2, -0.15) is 13.5 Å². The molecule has 0 aromatic carbocycles. The van der Waals surface area contributed by atoms with Crippen LogP contribution in [0.5, 0.6) is 5.88 Å². The number of hydrogen-bond acceptors (Lipinski definition) is 5. The van der Waals surface area contributed by atoms with Gasteiger partial charge in [0, 0.05) is 12.3 Å². The highest BCUT2D eigenvalue weighted by atomic mass is 32.3. The molecule has 1 rings (SSSR count). The minimum atomic E-state index is -4.48. The molecular weight excluding hydrogens is 172 g/mol. The van der Waals surface area contributed by atoms with E-state index in [0.717, 1.165) is 0 Å². The SMILES string of the molecule is O=S(=O)(O)Oc1cccnn1. The standard InChI is InChI=1S/C4H4N2O4S/c7-11(8,9)10-4-2-1-3-5-6-4/h1-3H,(H,7,8,9). The summed E-state index contributed by atoms with van der Waals surface area (Å²) in [5.41, 5.74) is 0. The Morgan fingerprint density at radius 3 is 2.73 bits per heavy atom. The third-order valence-electron chi connectivity index (χ3n) is 0.739. The molecule has 0 fully saturated rings. The molecule has 1 aromatic heterocycles. The molecule has 0 bridgehead atoms. The molecule has 0 aliphatic rings. The van der Waals surface area contributed by atoms with Crippen molar-refractivity contribution in [1.82, 2.24) is 10.2 Å². The van der Waals surface area contributed by atoms with Gasteiger partial charge in [-0.1, -0.05) is 0 Å². The summed E-state index contributed by atoms with van der Waals surface area (Å²) in [5.74, 6) is -0.269. The number of aromatic nitrogens is 2. The Labute approximate surface area is 62.8 Å². The van der Waals surface area contributed by atoms with Crippen LogP contribution in [-0.2, 0) is 10.4 Å². The summed E-state index contributed by atoms with van der Waals surface area (Å²) in [7, 11) is -4.48. The van der Waals surface area contributed by atoms with E-state index >= 15 is 0 Å². The normalized spacial score (nSPS) is 11.0. The summed E-state index contributed by atoms with van der Waals surface area (Å²) >= 11 is 0. The van der Waals surface area contributed by atoms with Gasteiger partial charge in [0.2, 0.25) is 0 Å². The van der Waals surface area contributed by atoms with Crippen molar-refractivity contribution in [3.63, 3.8) is 0 Å². The van der Waals surface area contributed by atoms with Crippen molar-refractivity contribution < 1.29 is 17.2 Å². The van der Waals surface area contributed by atoms with Crippen molar-refractivity contribution >= 4 is 10.4 Å². The second-order valence-corrected chi connectivity index (χ2v) is 2.60. The zero-order valence-electron chi connectivity index (χ0n) is 5.21. The van der Waals surface area contributed by atoms with E-state index in [2.05, 4.69) is 14.4 Å². The van der Waals surface area contributed by atoms with E-state index in [0.29, 0.717) is 0 Å². The third-order valence-corrected chi connectivity index (χ3v) is 1.12. The first-order valence-corrected chi connectivity index (χ1v) is 3.89. The lowest BCUT2D eigenvalue weighted by molar-refractivity contribution is 0.379. The van der Waals surface area contributed by atoms with Crippen molar-refractivity contribution in [2.24, 2.45) is 0 Å².